The molecular weight excluding hydrogens is 675 g/mol. The topological polar surface area (TPSA) is 135 Å². The van der Waals surface area contributed by atoms with Crippen molar-refractivity contribution in [3.63, 3.8) is 0 Å². The molecule has 0 radical (unpaired) electrons. The van der Waals surface area contributed by atoms with Crippen molar-refractivity contribution in [1.82, 2.24) is 15.6 Å². The number of rotatable bonds is 4. The number of nitrogens with one attached hydrogen (secondary N) is 3. The molecule has 40 heavy (non-hydrogen) atoms. The van der Waals surface area contributed by atoms with Gasteiger partial charge in [-0.3, -0.25) is 4.79 Å². The van der Waals surface area contributed by atoms with Crippen LogP contribution < -0.4 is 42.9 Å². The van der Waals surface area contributed by atoms with Crippen LogP contribution in [0.15, 0.2) is 30.5 Å². The van der Waals surface area contributed by atoms with Crippen LogP contribution in [-0.2, 0) is 24.5 Å². The van der Waals surface area contributed by atoms with Crippen molar-refractivity contribution in [2.24, 2.45) is 5.73 Å². The van der Waals surface area contributed by atoms with E-state index in [0.29, 0.717) is 42.0 Å². The van der Waals surface area contributed by atoms with Gasteiger partial charge in [-0.1, -0.05) is 0 Å². The number of alkyl halides is 2. The number of fused-ring (bicyclic) bond motifs is 3. The third kappa shape index (κ3) is 4.31. The first kappa shape index (κ1) is 28.1. The van der Waals surface area contributed by atoms with E-state index in [9.17, 15) is 14.4 Å². The summed E-state index contributed by atoms with van der Waals surface area (Å²) in [5, 5.41) is 9.79. The summed E-state index contributed by atoms with van der Waals surface area (Å²) in [5.74, 6) is -2.91. The zero-order chi connectivity index (χ0) is 28.2. The molecule has 3 amide bonds. The molecular formula is C27H28Cl2FIN5O4-. The van der Waals surface area contributed by atoms with Gasteiger partial charge in [-0.05, 0) is 0 Å². The van der Waals surface area contributed by atoms with Crippen LogP contribution in [0.4, 0.5) is 10.1 Å². The van der Waals surface area contributed by atoms with Gasteiger partial charge in [-0.2, -0.15) is 0 Å². The van der Waals surface area contributed by atoms with E-state index in [1.54, 1.807) is 12.1 Å². The number of pyridine rings is 1. The van der Waals surface area contributed by atoms with Gasteiger partial charge in [0.2, 0.25) is 0 Å². The van der Waals surface area contributed by atoms with E-state index in [1.165, 1.54) is 12.3 Å². The fourth-order valence-electron chi connectivity index (χ4n) is 7.03. The van der Waals surface area contributed by atoms with Crippen LogP contribution in [0, 0.1) is 5.82 Å². The second kappa shape index (κ2) is 10.6. The predicted molar refractivity (Wildman–Crippen MR) is 142 cm³/mol. The number of ether oxygens (including phenoxy) is 1. The van der Waals surface area contributed by atoms with E-state index in [4.69, 9.17) is 33.7 Å². The Morgan fingerprint density at radius 3 is 2.67 bits per heavy atom. The number of hydrogen-bond acceptors (Lipinski definition) is 6. The van der Waals surface area contributed by atoms with Gasteiger partial charge < -0.3 is 5.73 Å². The van der Waals surface area contributed by atoms with Gasteiger partial charge in [0.25, 0.3) is 0 Å². The van der Waals surface area contributed by atoms with Crippen molar-refractivity contribution >= 4 is 46.6 Å². The Morgan fingerprint density at radius 2 is 1.98 bits per heavy atom. The molecule has 5 N–H and O–H groups in total. The maximum absolute atomic E-state index is 15.9. The maximum atomic E-state index is 15.9. The Kier molecular flexibility index (Phi) is 7.47. The van der Waals surface area contributed by atoms with Gasteiger partial charge in [-0.25, -0.2) is 0 Å². The zero-order valence-corrected chi connectivity index (χ0v) is 25.0. The molecule has 5 heterocycles. The molecule has 6 rings (SSSR count). The van der Waals surface area contributed by atoms with Crippen molar-refractivity contribution in [1.29, 1.82) is 0 Å². The van der Waals surface area contributed by atoms with Gasteiger partial charge in [0.15, 0.2) is 0 Å². The van der Waals surface area contributed by atoms with E-state index >= 15 is 4.39 Å². The van der Waals surface area contributed by atoms with Gasteiger partial charge in [0.1, 0.15) is 0 Å². The SMILES string of the molecule is NC(=O)[C@@H]1CC[C@@H](NC(=O)[C@@H]2NC3(CC[I-]CC3)[C@@]3(C(=O)Nc4cc(Cl)ccc43)[C@H]2c2ccnc(Cl)c2F)CO1. The Balaban J connectivity index is 1.48. The quantitative estimate of drug-likeness (QED) is 0.188. The van der Waals surface area contributed by atoms with Crippen LogP contribution in [0.25, 0.3) is 0 Å². The fraction of sp³-hybridized carbons (Fsp3) is 0.481. The molecule has 5 atom stereocenters. The predicted octanol–water partition coefficient (Wildman–Crippen LogP) is -0.756. The molecule has 0 saturated carbocycles. The van der Waals surface area contributed by atoms with Crippen molar-refractivity contribution in [2.45, 2.75) is 60.7 Å². The Labute approximate surface area is 250 Å². The number of carbonyl (C=O) groups is 3. The summed E-state index contributed by atoms with van der Waals surface area (Å²) < 4.78 is 23.3. The summed E-state index contributed by atoms with van der Waals surface area (Å²) in [4.78, 5) is 43.9. The second-order valence-corrected chi connectivity index (χ2v) is 14.7. The van der Waals surface area contributed by atoms with Gasteiger partial charge in [0.05, 0.1) is 0 Å². The monoisotopic (exact) mass is 702 g/mol. The van der Waals surface area contributed by atoms with Crippen LogP contribution in [0.1, 0.15) is 42.7 Å². The molecule has 3 saturated heterocycles. The van der Waals surface area contributed by atoms with Gasteiger partial charge >= 0.3 is 241 Å². The number of nitrogens with two attached hydrogens (primary N) is 1. The minimum absolute atomic E-state index is 0.0390. The molecule has 2 aromatic rings. The molecule has 2 spiro atoms. The standard InChI is InChI=1S/C27H28Cl2FIN5O4/c28-13-1-3-16-17(11-13)35-25(39)27(16)19(15-5-10-33-22(29)20(15)30)21(36-26(27)6-8-31-9-7-26)24(38)34-14-2-4-18(23(32)37)40-12-14/h1,3,5,10-11,14,18-19,21,36H,2,4,6-9,12H2,(H2,32,37)(H,34,38)(H,35,39)/q-1/t14-,18+,19+,21-,27-/m1/s1. The molecule has 0 aliphatic carbocycles. The van der Waals surface area contributed by atoms with Crippen LogP contribution in [-0.4, -0.2) is 61.9 Å². The van der Waals surface area contributed by atoms with Crippen molar-refractivity contribution < 1.29 is 44.7 Å². The number of anilines is 1. The van der Waals surface area contributed by atoms with Gasteiger partial charge in [0, 0.05) is 0 Å². The first-order valence-corrected chi connectivity index (χ1v) is 16.9. The average Bonchev–Trinajstić information content (AvgIpc) is 3.38. The summed E-state index contributed by atoms with van der Waals surface area (Å²) in [6.45, 7) is 0.120. The third-order valence-electron chi connectivity index (χ3n) is 8.74. The molecule has 9 nitrogen and oxygen atoms in total. The summed E-state index contributed by atoms with van der Waals surface area (Å²) in [5.41, 5.74) is 4.67. The van der Waals surface area contributed by atoms with E-state index in [2.05, 4.69) is 20.9 Å². The number of hydrogen-bond donors (Lipinski definition) is 4. The minimum atomic E-state index is -1.30. The van der Waals surface area contributed by atoms with Crippen molar-refractivity contribution in [2.75, 3.05) is 20.8 Å². The summed E-state index contributed by atoms with van der Waals surface area (Å²) >= 11 is 12.4. The number of carbonyl (C=O) groups excluding carboxylic acids is 3. The molecule has 1 aromatic heterocycles. The number of primary amides is 1. The Morgan fingerprint density at radius 1 is 1.20 bits per heavy atom. The number of nitrogens with zero attached hydrogens (tertiary/aromatic N) is 1. The number of halogens is 4. The summed E-state index contributed by atoms with van der Waals surface area (Å²) in [7, 11) is 0. The number of benzene rings is 1. The second-order valence-electron chi connectivity index (χ2n) is 10.7. The average molecular weight is 703 g/mol. The van der Waals surface area contributed by atoms with Crippen molar-refractivity contribution in [3.8, 4) is 0 Å². The molecule has 0 bridgehead atoms. The van der Waals surface area contributed by atoms with Crippen LogP contribution in [0.3, 0.4) is 0 Å². The third-order valence-corrected chi connectivity index (χ3v) is 11.8. The van der Waals surface area contributed by atoms with E-state index < -0.39 is 40.7 Å². The van der Waals surface area contributed by atoms with E-state index in [1.807, 2.05) is 6.07 Å². The van der Waals surface area contributed by atoms with Crippen molar-refractivity contribution in [3.05, 3.63) is 57.6 Å². The van der Waals surface area contributed by atoms with Crippen LogP contribution in [0.2, 0.25) is 10.2 Å². The Bertz CT molecular complexity index is 1380. The molecule has 214 valence electrons. The first-order valence-electron chi connectivity index (χ1n) is 13.1. The molecule has 1 aromatic carbocycles. The van der Waals surface area contributed by atoms with Crippen LogP contribution in [0.5, 0.6) is 0 Å². The van der Waals surface area contributed by atoms with Crippen LogP contribution >= 0.6 is 23.2 Å². The molecule has 3 fully saturated rings. The first-order chi connectivity index (χ1) is 19.2. The molecule has 13 heteroatoms. The molecule has 0 unspecified atom stereocenters. The fourth-order valence-corrected chi connectivity index (χ4v) is 10.5. The summed E-state index contributed by atoms with van der Waals surface area (Å²) in [6, 6.07) is 5.40. The molecule has 4 aliphatic rings. The number of amides is 3. The molecule has 4 aliphatic heterocycles. The number of aromatic nitrogens is 1. The Hall–Kier alpha value is -2.06. The van der Waals surface area contributed by atoms with E-state index in [-0.39, 0.29) is 56.4 Å². The van der Waals surface area contributed by atoms with Gasteiger partial charge in [-0.15, -0.1) is 0 Å². The normalized spacial score (nSPS) is 30.9. The van der Waals surface area contributed by atoms with E-state index in [0.717, 1.165) is 8.86 Å². The summed E-state index contributed by atoms with van der Waals surface area (Å²) in [6.07, 6.45) is 2.92. The zero-order valence-electron chi connectivity index (χ0n) is 21.3.